The lowest BCUT2D eigenvalue weighted by atomic mass is 9.99. The number of nitrogens with one attached hydrogen (secondary N) is 1. The fourth-order valence-electron chi connectivity index (χ4n) is 3.70. The van der Waals surface area contributed by atoms with Crippen LogP contribution in [-0.4, -0.2) is 56.2 Å². The quantitative estimate of drug-likeness (QED) is 0.652. The Morgan fingerprint density at radius 1 is 1.24 bits per heavy atom. The molecule has 0 saturated heterocycles. The number of fused-ring (bicyclic) bond motifs is 1. The molecule has 3 rings (SSSR count). The molecule has 0 unspecified atom stereocenters. The molecule has 0 bridgehead atoms. The first-order chi connectivity index (χ1) is 15.7. The van der Waals surface area contributed by atoms with Gasteiger partial charge in [-0.15, -0.1) is 0 Å². The fraction of sp³-hybridized carbons (Fsp3) is 0.478. The van der Waals surface area contributed by atoms with Crippen molar-refractivity contribution >= 4 is 46.9 Å². The van der Waals surface area contributed by atoms with Crippen LogP contribution >= 0.6 is 0 Å². The minimum Gasteiger partial charge on any atom is -0.453 e. The third-order valence-corrected chi connectivity index (χ3v) is 5.33. The van der Waals surface area contributed by atoms with E-state index in [9.17, 15) is 14.4 Å². The molecule has 10 nitrogen and oxygen atoms in total. The van der Waals surface area contributed by atoms with Gasteiger partial charge in [-0.1, -0.05) is 0 Å². The van der Waals surface area contributed by atoms with Crippen molar-refractivity contribution < 1.29 is 23.9 Å². The Balaban J connectivity index is 2.19. The molecule has 33 heavy (non-hydrogen) atoms. The minimum atomic E-state index is -0.680. The van der Waals surface area contributed by atoms with Gasteiger partial charge < -0.3 is 20.1 Å². The highest BCUT2D eigenvalue weighted by atomic mass is 16.6. The largest absolute Gasteiger partial charge is 0.453 e. The lowest BCUT2D eigenvalue weighted by Gasteiger charge is -2.41. The molecule has 0 spiro atoms. The molecule has 0 aromatic heterocycles. The molecule has 1 aliphatic heterocycles. The molecule has 1 atom stereocenters. The van der Waals surface area contributed by atoms with Crippen molar-refractivity contribution in [1.82, 2.24) is 0 Å². The van der Waals surface area contributed by atoms with Crippen LogP contribution in [-0.2, 0) is 14.3 Å². The van der Waals surface area contributed by atoms with Crippen molar-refractivity contribution in [3.05, 3.63) is 23.9 Å². The summed E-state index contributed by atoms with van der Waals surface area (Å²) in [5.74, 6) is -0.192. The molecule has 178 valence electrons. The van der Waals surface area contributed by atoms with Crippen molar-refractivity contribution in [3.63, 3.8) is 0 Å². The van der Waals surface area contributed by atoms with Crippen molar-refractivity contribution in [2.75, 3.05) is 28.8 Å². The number of anilines is 3. The van der Waals surface area contributed by atoms with Crippen molar-refractivity contribution in [1.29, 1.82) is 0 Å². The number of rotatable bonds is 5. The summed E-state index contributed by atoms with van der Waals surface area (Å²) < 4.78 is 10.2. The highest BCUT2D eigenvalue weighted by molar-refractivity contribution is 6.15. The number of carbonyl (C=O) groups excluding carboxylic acids is 3. The highest BCUT2D eigenvalue weighted by Crippen LogP contribution is 2.42. The van der Waals surface area contributed by atoms with E-state index in [4.69, 9.17) is 15.2 Å². The van der Waals surface area contributed by atoms with E-state index in [0.717, 1.165) is 12.8 Å². The van der Waals surface area contributed by atoms with Crippen LogP contribution < -0.4 is 20.9 Å². The van der Waals surface area contributed by atoms with E-state index >= 15 is 0 Å². The van der Waals surface area contributed by atoms with Crippen LogP contribution in [0.3, 0.4) is 0 Å². The van der Waals surface area contributed by atoms with E-state index in [0.29, 0.717) is 28.2 Å². The summed E-state index contributed by atoms with van der Waals surface area (Å²) in [6.07, 6.45) is 3.57. The van der Waals surface area contributed by atoms with E-state index in [2.05, 4.69) is 10.3 Å². The van der Waals surface area contributed by atoms with Gasteiger partial charge in [0.1, 0.15) is 0 Å². The summed E-state index contributed by atoms with van der Waals surface area (Å²) in [5.41, 5.74) is 8.31. The van der Waals surface area contributed by atoms with Crippen molar-refractivity contribution in [2.45, 2.75) is 58.7 Å². The number of nitrogens with zero attached hydrogens (tertiary/aromatic N) is 3. The van der Waals surface area contributed by atoms with Gasteiger partial charge in [-0.25, -0.2) is 9.59 Å². The van der Waals surface area contributed by atoms with Gasteiger partial charge in [0.2, 0.25) is 5.91 Å². The van der Waals surface area contributed by atoms with Gasteiger partial charge in [-0.2, -0.15) is 0 Å². The van der Waals surface area contributed by atoms with Crippen LogP contribution in [0.15, 0.2) is 23.3 Å². The zero-order chi connectivity index (χ0) is 24.3. The number of ether oxygens (including phenoxy) is 2. The van der Waals surface area contributed by atoms with Crippen LogP contribution in [0.4, 0.5) is 26.7 Å². The molecule has 2 aliphatic rings. The second-order valence-corrected chi connectivity index (χ2v) is 8.42. The number of benzene rings is 1. The van der Waals surface area contributed by atoms with Crippen LogP contribution in [0.5, 0.6) is 0 Å². The molecule has 1 fully saturated rings. The molecule has 3 N–H and O–H groups in total. The summed E-state index contributed by atoms with van der Waals surface area (Å²) in [6, 6.07) is 3.30. The number of amides is 3. The first kappa shape index (κ1) is 24.1. The summed E-state index contributed by atoms with van der Waals surface area (Å²) >= 11 is 0. The summed E-state index contributed by atoms with van der Waals surface area (Å²) in [7, 11) is 1.26. The first-order valence-electron chi connectivity index (χ1n) is 10.9. The van der Waals surface area contributed by atoms with Crippen molar-refractivity contribution in [2.24, 2.45) is 10.7 Å². The third kappa shape index (κ3) is 5.44. The Morgan fingerprint density at radius 3 is 2.48 bits per heavy atom. The normalized spacial score (nSPS) is 18.4. The molecule has 10 heteroatoms. The first-order valence-corrected chi connectivity index (χ1v) is 10.9. The average molecular weight is 458 g/mol. The number of carbonyl (C=O) groups is 3. The van der Waals surface area contributed by atoms with Crippen LogP contribution in [0, 0.1) is 0 Å². The van der Waals surface area contributed by atoms with E-state index in [1.165, 1.54) is 25.1 Å². The minimum absolute atomic E-state index is 0.192. The van der Waals surface area contributed by atoms with Gasteiger partial charge in [0.15, 0.2) is 0 Å². The summed E-state index contributed by atoms with van der Waals surface area (Å²) in [4.78, 5) is 45.1. The standard InChI is InChI=1S/C23H31N5O5/c1-13(2)33-23(31)27-12-14(3)28(15(4)29)21-9-19(26-22(30)32-5)18(8-20(21)27)16(10-24)11-25-17-6-7-17/h8-11,13-14,17H,6-7,12,24H2,1-5H3,(H,26,30)/t14-/m0/s1. The van der Waals surface area contributed by atoms with Gasteiger partial charge in [0.25, 0.3) is 0 Å². The van der Waals surface area contributed by atoms with Gasteiger partial charge in [0.05, 0.1) is 42.4 Å². The Kier molecular flexibility index (Phi) is 7.25. The average Bonchev–Trinajstić information content (AvgIpc) is 3.57. The van der Waals surface area contributed by atoms with E-state index in [1.807, 2.05) is 6.92 Å². The zero-order valence-electron chi connectivity index (χ0n) is 19.6. The van der Waals surface area contributed by atoms with Gasteiger partial charge in [-0.05, 0) is 45.7 Å². The second-order valence-electron chi connectivity index (χ2n) is 8.42. The van der Waals surface area contributed by atoms with E-state index in [-0.39, 0.29) is 30.6 Å². The molecule has 1 aromatic rings. The molecule has 1 heterocycles. The number of hydrogen-bond donors (Lipinski definition) is 2. The molecule has 1 aromatic carbocycles. The Bertz CT molecular complexity index is 999. The number of methoxy groups -OCH3 is 1. The van der Waals surface area contributed by atoms with Crippen LogP contribution in [0.2, 0.25) is 0 Å². The van der Waals surface area contributed by atoms with E-state index < -0.39 is 12.2 Å². The molecular formula is C23H31N5O5. The maximum Gasteiger partial charge on any atom is 0.414 e. The monoisotopic (exact) mass is 457 g/mol. The number of nitrogens with two attached hydrogens (primary N) is 1. The second kappa shape index (κ2) is 9.93. The number of hydrogen-bond acceptors (Lipinski definition) is 7. The zero-order valence-corrected chi connectivity index (χ0v) is 19.6. The smallest absolute Gasteiger partial charge is 0.414 e. The topological polar surface area (TPSA) is 127 Å². The molecule has 1 aliphatic carbocycles. The van der Waals surface area contributed by atoms with Crippen LogP contribution in [0.1, 0.15) is 46.1 Å². The molecular weight excluding hydrogens is 426 g/mol. The molecule has 0 radical (unpaired) electrons. The van der Waals surface area contributed by atoms with E-state index in [1.54, 1.807) is 37.1 Å². The summed E-state index contributed by atoms with van der Waals surface area (Å²) in [6.45, 7) is 7.09. The van der Waals surface area contributed by atoms with Gasteiger partial charge in [-0.3, -0.25) is 20.0 Å². The van der Waals surface area contributed by atoms with Crippen LogP contribution in [0.25, 0.3) is 5.57 Å². The number of allylic oxidation sites excluding steroid dienone is 1. The maximum absolute atomic E-state index is 12.9. The molecule has 3 amide bonds. The lowest BCUT2D eigenvalue weighted by molar-refractivity contribution is -0.117. The third-order valence-electron chi connectivity index (χ3n) is 5.33. The van der Waals surface area contributed by atoms with Gasteiger partial charge in [0, 0.05) is 37.0 Å². The maximum atomic E-state index is 12.9. The summed E-state index contributed by atoms with van der Waals surface area (Å²) in [5, 5.41) is 2.69. The number of aliphatic imine (C=N–C) groups is 1. The fourth-order valence-corrected chi connectivity index (χ4v) is 3.70. The predicted octanol–water partition coefficient (Wildman–Crippen LogP) is 3.50. The van der Waals surface area contributed by atoms with Crippen molar-refractivity contribution in [3.8, 4) is 0 Å². The lowest BCUT2D eigenvalue weighted by Crippen LogP contribution is -2.51. The van der Waals surface area contributed by atoms with Gasteiger partial charge >= 0.3 is 12.2 Å². The molecule has 1 saturated carbocycles. The Hall–Kier alpha value is -3.56. The SMILES string of the molecule is COC(=O)Nc1cc2c(cc1C(C=NC1CC1)=CN)N(C(=O)OC(C)C)C[C@H](C)N2C(C)=O. The Morgan fingerprint density at radius 2 is 1.94 bits per heavy atom. The Labute approximate surface area is 193 Å². The predicted molar refractivity (Wildman–Crippen MR) is 128 cm³/mol. The highest BCUT2D eigenvalue weighted by Gasteiger charge is 2.36.